The number of carbonyl (C=O) groups is 2. The molecule has 2 amide bonds. The molecule has 0 saturated carbocycles. The molecule has 1 atom stereocenters. The number of nitrogens with zero attached hydrogens (tertiary/aromatic N) is 2. The fourth-order valence-corrected chi connectivity index (χ4v) is 3.65. The van der Waals surface area contributed by atoms with Gasteiger partial charge < -0.3 is 19.9 Å². The molecule has 6 nitrogen and oxygen atoms in total. The van der Waals surface area contributed by atoms with Crippen LogP contribution in [0.3, 0.4) is 0 Å². The van der Waals surface area contributed by atoms with Crippen LogP contribution in [-0.4, -0.2) is 56.0 Å². The highest BCUT2D eigenvalue weighted by atomic mass is 16.5. The average molecular weight is 345 g/mol. The molecule has 2 saturated heterocycles. The molecule has 3 rings (SSSR count). The lowest BCUT2D eigenvalue weighted by Gasteiger charge is -2.34. The van der Waals surface area contributed by atoms with E-state index in [1.165, 1.54) is 5.69 Å². The van der Waals surface area contributed by atoms with Gasteiger partial charge in [0.15, 0.2) is 0 Å². The SMILES string of the molecule is CCN1CC(C(=O)NC2CCN(c3ccc(OC)cc3)CC2)CC1=O. The van der Waals surface area contributed by atoms with Crippen LogP contribution in [0.15, 0.2) is 24.3 Å². The van der Waals surface area contributed by atoms with Crippen LogP contribution in [0.1, 0.15) is 26.2 Å². The van der Waals surface area contributed by atoms with E-state index < -0.39 is 0 Å². The first kappa shape index (κ1) is 17.6. The van der Waals surface area contributed by atoms with Crippen molar-refractivity contribution >= 4 is 17.5 Å². The molecule has 0 spiro atoms. The Balaban J connectivity index is 1.47. The number of rotatable bonds is 5. The molecular weight excluding hydrogens is 318 g/mol. The van der Waals surface area contributed by atoms with Crippen molar-refractivity contribution in [2.24, 2.45) is 5.92 Å². The Labute approximate surface area is 149 Å². The number of hydrogen-bond donors (Lipinski definition) is 1. The van der Waals surface area contributed by atoms with Gasteiger partial charge in [0.25, 0.3) is 0 Å². The third-order valence-corrected chi connectivity index (χ3v) is 5.25. The number of methoxy groups -OCH3 is 1. The Morgan fingerprint density at radius 3 is 2.48 bits per heavy atom. The molecule has 2 heterocycles. The fraction of sp³-hybridized carbons (Fsp3) is 0.579. The van der Waals surface area contributed by atoms with Gasteiger partial charge in [0.05, 0.1) is 13.0 Å². The molecule has 0 bridgehead atoms. The van der Waals surface area contributed by atoms with Gasteiger partial charge in [-0.15, -0.1) is 0 Å². The monoisotopic (exact) mass is 345 g/mol. The third kappa shape index (κ3) is 4.06. The molecule has 136 valence electrons. The number of piperidine rings is 1. The van der Waals surface area contributed by atoms with Crippen LogP contribution in [0, 0.1) is 5.92 Å². The van der Waals surface area contributed by atoms with Crippen molar-refractivity contribution in [3.05, 3.63) is 24.3 Å². The zero-order valence-electron chi connectivity index (χ0n) is 15.0. The average Bonchev–Trinajstić information content (AvgIpc) is 3.03. The normalized spacial score (nSPS) is 21.5. The van der Waals surface area contributed by atoms with E-state index >= 15 is 0 Å². The summed E-state index contributed by atoms with van der Waals surface area (Å²) in [5, 5.41) is 3.15. The van der Waals surface area contributed by atoms with E-state index in [1.807, 2.05) is 19.1 Å². The summed E-state index contributed by atoms with van der Waals surface area (Å²) >= 11 is 0. The fourth-order valence-electron chi connectivity index (χ4n) is 3.65. The molecule has 1 unspecified atom stereocenters. The van der Waals surface area contributed by atoms with Crippen molar-refractivity contribution in [2.45, 2.75) is 32.2 Å². The second kappa shape index (κ2) is 7.76. The number of carbonyl (C=O) groups excluding carboxylic acids is 2. The summed E-state index contributed by atoms with van der Waals surface area (Å²) < 4.78 is 5.20. The van der Waals surface area contributed by atoms with E-state index in [0.29, 0.717) is 19.5 Å². The van der Waals surface area contributed by atoms with Crippen molar-refractivity contribution in [1.29, 1.82) is 0 Å². The van der Waals surface area contributed by atoms with Gasteiger partial charge in [-0.25, -0.2) is 0 Å². The smallest absolute Gasteiger partial charge is 0.225 e. The Hall–Kier alpha value is -2.24. The summed E-state index contributed by atoms with van der Waals surface area (Å²) in [5.41, 5.74) is 1.19. The Morgan fingerprint density at radius 2 is 1.92 bits per heavy atom. The molecule has 2 aliphatic rings. The van der Waals surface area contributed by atoms with Gasteiger partial charge in [-0.1, -0.05) is 0 Å². The maximum Gasteiger partial charge on any atom is 0.225 e. The van der Waals surface area contributed by atoms with E-state index in [2.05, 4.69) is 22.3 Å². The maximum absolute atomic E-state index is 12.4. The molecule has 25 heavy (non-hydrogen) atoms. The lowest BCUT2D eigenvalue weighted by Crippen LogP contribution is -2.46. The minimum absolute atomic E-state index is 0.0344. The van der Waals surface area contributed by atoms with E-state index in [-0.39, 0.29) is 23.8 Å². The highest BCUT2D eigenvalue weighted by Gasteiger charge is 2.34. The quantitative estimate of drug-likeness (QED) is 0.881. The van der Waals surface area contributed by atoms with Crippen molar-refractivity contribution in [3.8, 4) is 5.75 Å². The number of anilines is 1. The molecule has 2 fully saturated rings. The first-order chi connectivity index (χ1) is 12.1. The molecule has 0 aliphatic carbocycles. The van der Waals surface area contributed by atoms with Gasteiger partial charge >= 0.3 is 0 Å². The molecule has 0 aromatic heterocycles. The topological polar surface area (TPSA) is 61.9 Å². The molecule has 6 heteroatoms. The van der Waals surface area contributed by atoms with E-state index in [4.69, 9.17) is 4.74 Å². The van der Waals surface area contributed by atoms with Gasteiger partial charge in [-0.2, -0.15) is 0 Å². The zero-order chi connectivity index (χ0) is 17.8. The number of nitrogens with one attached hydrogen (secondary N) is 1. The van der Waals surface area contributed by atoms with Crippen molar-refractivity contribution in [1.82, 2.24) is 10.2 Å². The van der Waals surface area contributed by atoms with Gasteiger partial charge in [0.2, 0.25) is 11.8 Å². The lowest BCUT2D eigenvalue weighted by molar-refractivity contribution is -0.129. The van der Waals surface area contributed by atoms with Crippen LogP contribution in [0.25, 0.3) is 0 Å². The van der Waals surface area contributed by atoms with E-state index in [1.54, 1.807) is 12.0 Å². The highest BCUT2D eigenvalue weighted by Crippen LogP contribution is 2.23. The number of ether oxygens (including phenoxy) is 1. The van der Waals surface area contributed by atoms with Crippen LogP contribution < -0.4 is 15.0 Å². The Morgan fingerprint density at radius 1 is 1.24 bits per heavy atom. The predicted octanol–water partition coefficient (Wildman–Crippen LogP) is 1.65. The van der Waals surface area contributed by atoms with Crippen LogP contribution >= 0.6 is 0 Å². The molecule has 1 N–H and O–H groups in total. The molecule has 0 radical (unpaired) electrons. The van der Waals surface area contributed by atoms with Crippen molar-refractivity contribution in [3.63, 3.8) is 0 Å². The summed E-state index contributed by atoms with van der Waals surface area (Å²) in [4.78, 5) is 28.3. The summed E-state index contributed by atoms with van der Waals surface area (Å²) in [6, 6.07) is 8.29. The number of amides is 2. The maximum atomic E-state index is 12.4. The van der Waals surface area contributed by atoms with Gasteiger partial charge in [0, 0.05) is 44.3 Å². The first-order valence-corrected chi connectivity index (χ1v) is 9.08. The standard InChI is InChI=1S/C19H27N3O3/c1-3-21-13-14(12-18(21)23)19(24)20-15-8-10-22(11-9-15)16-4-6-17(25-2)7-5-16/h4-7,14-15H,3,8-13H2,1-2H3,(H,20,24). The summed E-state index contributed by atoms with van der Waals surface area (Å²) in [6.07, 6.45) is 2.20. The second-order valence-corrected chi connectivity index (χ2v) is 6.80. The second-order valence-electron chi connectivity index (χ2n) is 6.80. The highest BCUT2D eigenvalue weighted by molar-refractivity contribution is 5.89. The van der Waals surface area contributed by atoms with Gasteiger partial charge in [-0.3, -0.25) is 9.59 Å². The van der Waals surface area contributed by atoms with Crippen LogP contribution in [-0.2, 0) is 9.59 Å². The predicted molar refractivity (Wildman–Crippen MR) is 96.7 cm³/mol. The van der Waals surface area contributed by atoms with Crippen molar-refractivity contribution < 1.29 is 14.3 Å². The molecule has 2 aliphatic heterocycles. The van der Waals surface area contributed by atoms with Crippen LogP contribution in [0.5, 0.6) is 5.75 Å². The minimum Gasteiger partial charge on any atom is -0.497 e. The number of likely N-dealkylation sites (tertiary alicyclic amines) is 1. The van der Waals surface area contributed by atoms with E-state index in [9.17, 15) is 9.59 Å². The number of hydrogen-bond acceptors (Lipinski definition) is 4. The third-order valence-electron chi connectivity index (χ3n) is 5.25. The molecule has 1 aromatic rings. The summed E-state index contributed by atoms with van der Waals surface area (Å²) in [7, 11) is 1.67. The Bertz CT molecular complexity index is 609. The molecule has 1 aromatic carbocycles. The van der Waals surface area contributed by atoms with Crippen LogP contribution in [0.4, 0.5) is 5.69 Å². The van der Waals surface area contributed by atoms with Gasteiger partial charge in [-0.05, 0) is 44.0 Å². The lowest BCUT2D eigenvalue weighted by atomic mass is 10.0. The largest absolute Gasteiger partial charge is 0.497 e. The zero-order valence-corrected chi connectivity index (χ0v) is 15.0. The summed E-state index contributed by atoms with van der Waals surface area (Å²) in [6.45, 7) is 5.03. The van der Waals surface area contributed by atoms with Crippen molar-refractivity contribution in [2.75, 3.05) is 38.2 Å². The minimum atomic E-state index is -0.188. The first-order valence-electron chi connectivity index (χ1n) is 9.08. The van der Waals surface area contributed by atoms with Crippen LogP contribution in [0.2, 0.25) is 0 Å². The Kier molecular flexibility index (Phi) is 5.46. The van der Waals surface area contributed by atoms with E-state index in [0.717, 1.165) is 31.7 Å². The molecular formula is C19H27N3O3. The number of benzene rings is 1. The van der Waals surface area contributed by atoms with Gasteiger partial charge in [0.1, 0.15) is 5.75 Å². The summed E-state index contributed by atoms with van der Waals surface area (Å²) in [5.74, 6) is 0.800.